The van der Waals surface area contributed by atoms with Crippen LogP contribution in [0.1, 0.15) is 33.1 Å². The summed E-state index contributed by atoms with van der Waals surface area (Å²) in [7, 11) is 0. The van der Waals surface area contributed by atoms with E-state index in [0.29, 0.717) is 0 Å². The molecule has 1 aliphatic carbocycles. The van der Waals surface area contributed by atoms with Gasteiger partial charge in [-0.05, 0) is 26.2 Å². The third kappa shape index (κ3) is 2.30. The largest absolute Gasteiger partial charge is 0.343 e. The van der Waals surface area contributed by atoms with Crippen molar-refractivity contribution in [2.24, 2.45) is 5.92 Å². The quantitative estimate of drug-likeness (QED) is 0.738. The molecule has 0 bridgehead atoms. The van der Waals surface area contributed by atoms with Crippen LogP contribution >= 0.6 is 0 Å². The second kappa shape index (κ2) is 3.83. The summed E-state index contributed by atoms with van der Waals surface area (Å²) in [6, 6.07) is -0.147. The zero-order valence-electron chi connectivity index (χ0n) is 9.32. The van der Waals surface area contributed by atoms with E-state index in [1.165, 1.54) is 12.8 Å². The molecule has 2 unspecified atom stereocenters. The van der Waals surface area contributed by atoms with Gasteiger partial charge in [-0.25, -0.2) is 0 Å². The molecule has 2 amide bonds. The molecule has 0 spiro atoms. The summed E-state index contributed by atoms with van der Waals surface area (Å²) >= 11 is 0. The maximum absolute atomic E-state index is 11.8. The number of carbonyl (C=O) groups is 2. The highest BCUT2D eigenvalue weighted by Crippen LogP contribution is 2.34. The molecule has 2 atom stereocenters. The Morgan fingerprint density at radius 1 is 1.47 bits per heavy atom. The SMILES string of the molecule is CC1NC(=O)CN(C(C)CC2CC2)C1=O. The zero-order chi connectivity index (χ0) is 11.0. The molecule has 1 heterocycles. The molecule has 0 radical (unpaired) electrons. The van der Waals surface area contributed by atoms with Crippen LogP contribution in [0.3, 0.4) is 0 Å². The molecule has 0 aromatic rings. The van der Waals surface area contributed by atoms with Crippen LogP contribution < -0.4 is 5.32 Å². The van der Waals surface area contributed by atoms with Crippen molar-refractivity contribution in [2.45, 2.75) is 45.2 Å². The van der Waals surface area contributed by atoms with E-state index in [1.54, 1.807) is 11.8 Å². The lowest BCUT2D eigenvalue weighted by Gasteiger charge is -2.35. The van der Waals surface area contributed by atoms with Crippen molar-refractivity contribution in [1.82, 2.24) is 10.2 Å². The Kier molecular flexibility index (Phi) is 2.67. The Hall–Kier alpha value is -1.06. The van der Waals surface area contributed by atoms with Gasteiger partial charge in [0.05, 0.1) is 6.54 Å². The van der Waals surface area contributed by atoms with Crippen LogP contribution in [0.4, 0.5) is 0 Å². The van der Waals surface area contributed by atoms with Crippen LogP contribution in [0.5, 0.6) is 0 Å². The third-order valence-corrected chi connectivity index (χ3v) is 3.25. The molecule has 1 saturated carbocycles. The fourth-order valence-corrected chi connectivity index (χ4v) is 2.17. The molecule has 4 nitrogen and oxygen atoms in total. The summed E-state index contributed by atoms with van der Waals surface area (Å²) in [6.45, 7) is 4.02. The van der Waals surface area contributed by atoms with Gasteiger partial charge < -0.3 is 10.2 Å². The molecule has 2 fully saturated rings. The molecule has 2 rings (SSSR count). The molecule has 4 heteroatoms. The monoisotopic (exact) mass is 210 g/mol. The van der Waals surface area contributed by atoms with E-state index in [2.05, 4.69) is 5.32 Å². The van der Waals surface area contributed by atoms with E-state index in [1.807, 2.05) is 6.92 Å². The summed E-state index contributed by atoms with van der Waals surface area (Å²) in [5.41, 5.74) is 0. The fourth-order valence-electron chi connectivity index (χ4n) is 2.17. The second-order valence-electron chi connectivity index (χ2n) is 4.78. The number of nitrogens with one attached hydrogen (secondary N) is 1. The van der Waals surface area contributed by atoms with Crippen LogP contribution in [0, 0.1) is 5.92 Å². The first-order valence-corrected chi connectivity index (χ1v) is 5.67. The number of rotatable bonds is 3. The number of hydrogen-bond donors (Lipinski definition) is 1. The number of carbonyl (C=O) groups excluding carboxylic acids is 2. The van der Waals surface area contributed by atoms with Crippen LogP contribution in [0.15, 0.2) is 0 Å². The molecule has 1 aliphatic heterocycles. The van der Waals surface area contributed by atoms with Crippen molar-refractivity contribution in [2.75, 3.05) is 6.54 Å². The number of nitrogens with zero attached hydrogens (tertiary/aromatic N) is 1. The first kappa shape index (κ1) is 10.5. The van der Waals surface area contributed by atoms with Crippen molar-refractivity contribution in [1.29, 1.82) is 0 Å². The molecular formula is C11H18N2O2. The van der Waals surface area contributed by atoms with Crippen molar-refractivity contribution in [3.63, 3.8) is 0 Å². The minimum atomic E-state index is -0.354. The molecule has 0 aromatic heterocycles. The maximum Gasteiger partial charge on any atom is 0.245 e. The predicted molar refractivity (Wildman–Crippen MR) is 56.1 cm³/mol. The second-order valence-corrected chi connectivity index (χ2v) is 4.78. The Bertz CT molecular complexity index is 286. The van der Waals surface area contributed by atoms with Gasteiger partial charge in [-0.2, -0.15) is 0 Å². The van der Waals surface area contributed by atoms with Gasteiger partial charge in [-0.15, -0.1) is 0 Å². The molecule has 1 N–H and O–H groups in total. The number of hydrogen-bond acceptors (Lipinski definition) is 2. The van der Waals surface area contributed by atoms with Gasteiger partial charge in [0.15, 0.2) is 0 Å². The van der Waals surface area contributed by atoms with E-state index in [-0.39, 0.29) is 30.4 Å². The fraction of sp³-hybridized carbons (Fsp3) is 0.818. The Morgan fingerprint density at radius 2 is 2.13 bits per heavy atom. The molecular weight excluding hydrogens is 192 g/mol. The minimum absolute atomic E-state index is 0.0373. The Balaban J connectivity index is 1.98. The first-order valence-electron chi connectivity index (χ1n) is 5.67. The summed E-state index contributed by atoms with van der Waals surface area (Å²) in [6.07, 6.45) is 3.62. The van der Waals surface area contributed by atoms with Gasteiger partial charge in [0.2, 0.25) is 11.8 Å². The van der Waals surface area contributed by atoms with Gasteiger partial charge in [0, 0.05) is 6.04 Å². The molecule has 0 aromatic carbocycles. The lowest BCUT2D eigenvalue weighted by atomic mass is 10.1. The first-order chi connectivity index (χ1) is 7.08. The summed E-state index contributed by atoms with van der Waals surface area (Å²) < 4.78 is 0. The van der Waals surface area contributed by atoms with Gasteiger partial charge in [-0.3, -0.25) is 9.59 Å². The van der Waals surface area contributed by atoms with E-state index < -0.39 is 0 Å². The Morgan fingerprint density at radius 3 is 2.73 bits per heavy atom. The lowest BCUT2D eigenvalue weighted by molar-refractivity contribution is -0.145. The van der Waals surface area contributed by atoms with E-state index >= 15 is 0 Å². The standard InChI is InChI=1S/C11H18N2O2/c1-7(5-9-3-4-9)13-6-10(14)12-8(2)11(13)15/h7-9H,3-6H2,1-2H3,(H,12,14). The van der Waals surface area contributed by atoms with Crippen molar-refractivity contribution < 1.29 is 9.59 Å². The molecule has 1 saturated heterocycles. The van der Waals surface area contributed by atoms with Crippen molar-refractivity contribution in [3.8, 4) is 0 Å². The van der Waals surface area contributed by atoms with E-state index in [4.69, 9.17) is 0 Å². The average Bonchev–Trinajstić information content (AvgIpc) is 2.94. The average molecular weight is 210 g/mol. The number of piperazine rings is 1. The van der Waals surface area contributed by atoms with Crippen LogP contribution in [-0.2, 0) is 9.59 Å². The maximum atomic E-state index is 11.8. The molecule has 2 aliphatic rings. The summed E-state index contributed by atoms with van der Waals surface area (Å²) in [4.78, 5) is 24.9. The van der Waals surface area contributed by atoms with Crippen LogP contribution in [0.2, 0.25) is 0 Å². The van der Waals surface area contributed by atoms with Crippen molar-refractivity contribution >= 4 is 11.8 Å². The lowest BCUT2D eigenvalue weighted by Crippen LogP contribution is -2.59. The van der Waals surface area contributed by atoms with E-state index in [9.17, 15) is 9.59 Å². The highest BCUT2D eigenvalue weighted by Gasteiger charge is 2.34. The topological polar surface area (TPSA) is 49.4 Å². The smallest absolute Gasteiger partial charge is 0.245 e. The normalized spacial score (nSPS) is 28.9. The van der Waals surface area contributed by atoms with Crippen LogP contribution in [0.25, 0.3) is 0 Å². The molecule has 84 valence electrons. The Labute approximate surface area is 90.0 Å². The van der Waals surface area contributed by atoms with Crippen LogP contribution in [-0.4, -0.2) is 35.3 Å². The summed E-state index contributed by atoms with van der Waals surface area (Å²) in [5, 5.41) is 2.65. The van der Waals surface area contributed by atoms with Crippen molar-refractivity contribution in [3.05, 3.63) is 0 Å². The predicted octanol–water partition coefficient (Wildman–Crippen LogP) is 0.522. The van der Waals surface area contributed by atoms with Gasteiger partial charge in [-0.1, -0.05) is 12.8 Å². The van der Waals surface area contributed by atoms with Gasteiger partial charge in [0.25, 0.3) is 0 Å². The highest BCUT2D eigenvalue weighted by molar-refractivity contribution is 5.94. The zero-order valence-corrected chi connectivity index (χ0v) is 9.32. The van der Waals surface area contributed by atoms with E-state index in [0.717, 1.165) is 12.3 Å². The minimum Gasteiger partial charge on any atom is -0.343 e. The highest BCUT2D eigenvalue weighted by atomic mass is 16.2. The van der Waals surface area contributed by atoms with Gasteiger partial charge in [0.1, 0.15) is 6.04 Å². The number of amides is 2. The third-order valence-electron chi connectivity index (χ3n) is 3.25. The molecule has 15 heavy (non-hydrogen) atoms. The van der Waals surface area contributed by atoms with Gasteiger partial charge >= 0.3 is 0 Å². The summed E-state index contributed by atoms with van der Waals surface area (Å²) in [5.74, 6) is 0.806.